The van der Waals surface area contributed by atoms with Gasteiger partial charge in [-0.3, -0.25) is 10.0 Å². The number of hydroxylamine groups is 2. The molecule has 1 amide bonds. The Kier molecular flexibility index (Phi) is 3.90. The topological polar surface area (TPSA) is 53.0 Å². The van der Waals surface area contributed by atoms with Crippen molar-refractivity contribution >= 4 is 16.7 Å². The van der Waals surface area contributed by atoms with Gasteiger partial charge in [0.05, 0.1) is 18.7 Å². The van der Waals surface area contributed by atoms with Crippen LogP contribution in [0.25, 0.3) is 10.8 Å². The lowest BCUT2D eigenvalue weighted by molar-refractivity contribution is -0.133. The van der Waals surface area contributed by atoms with Crippen LogP contribution in [0.15, 0.2) is 36.4 Å². The van der Waals surface area contributed by atoms with Gasteiger partial charge in [-0.05, 0) is 54.8 Å². The minimum Gasteiger partial charge on any atom is -0.496 e. The van der Waals surface area contributed by atoms with E-state index in [0.717, 1.165) is 48.3 Å². The number of hydrogen-bond donors (Lipinski definition) is 1. The number of methoxy groups -OCH3 is 1. The standard InChI is InChI=1S/C19H22N2O3/c1-24-18-11-15-5-3-2-4-14(15)10-16(18)19(22)21(23)17-12-20-8-6-13(17)7-9-20/h2-5,10-11,13,17,23H,6-9,12H2,1H3. The molecule has 3 saturated heterocycles. The molecule has 3 aliphatic rings. The fourth-order valence-corrected chi connectivity index (χ4v) is 4.04. The van der Waals surface area contributed by atoms with Crippen LogP contribution in [0.3, 0.4) is 0 Å². The van der Waals surface area contributed by atoms with Crippen molar-refractivity contribution < 1.29 is 14.7 Å². The molecule has 126 valence electrons. The Morgan fingerprint density at radius 1 is 1.21 bits per heavy atom. The van der Waals surface area contributed by atoms with Gasteiger partial charge in [-0.25, -0.2) is 5.06 Å². The van der Waals surface area contributed by atoms with Gasteiger partial charge in [-0.2, -0.15) is 0 Å². The molecule has 3 fully saturated rings. The largest absolute Gasteiger partial charge is 0.496 e. The van der Waals surface area contributed by atoms with Crippen molar-refractivity contribution in [3.63, 3.8) is 0 Å². The molecule has 0 saturated carbocycles. The van der Waals surface area contributed by atoms with Crippen molar-refractivity contribution in [2.24, 2.45) is 5.92 Å². The molecule has 24 heavy (non-hydrogen) atoms. The van der Waals surface area contributed by atoms with Crippen LogP contribution in [-0.4, -0.2) is 53.9 Å². The molecule has 3 heterocycles. The second kappa shape index (κ2) is 6.07. The summed E-state index contributed by atoms with van der Waals surface area (Å²) in [7, 11) is 1.55. The third-order valence-electron chi connectivity index (χ3n) is 5.44. The predicted octanol–water partition coefficient (Wildman–Crippen LogP) is 2.77. The maximum absolute atomic E-state index is 12.9. The van der Waals surface area contributed by atoms with E-state index in [1.165, 1.54) is 0 Å². The van der Waals surface area contributed by atoms with E-state index in [-0.39, 0.29) is 11.9 Å². The molecule has 1 N–H and O–H groups in total. The summed E-state index contributed by atoms with van der Waals surface area (Å²) in [5, 5.41) is 13.5. The van der Waals surface area contributed by atoms with E-state index in [9.17, 15) is 10.0 Å². The minimum absolute atomic E-state index is 0.129. The Hall–Kier alpha value is -2.11. The molecule has 2 aromatic rings. The number of rotatable bonds is 3. The molecule has 0 aliphatic carbocycles. The lowest BCUT2D eigenvalue weighted by Gasteiger charge is -2.46. The Bertz CT molecular complexity index is 768. The van der Waals surface area contributed by atoms with Crippen molar-refractivity contribution in [3.05, 3.63) is 42.0 Å². The van der Waals surface area contributed by atoms with Crippen LogP contribution in [0.2, 0.25) is 0 Å². The molecule has 0 aromatic heterocycles. The lowest BCUT2D eigenvalue weighted by atomic mass is 9.83. The molecule has 1 atom stereocenters. The fraction of sp³-hybridized carbons (Fsp3) is 0.421. The number of ether oxygens (including phenoxy) is 1. The number of benzene rings is 2. The van der Waals surface area contributed by atoms with Gasteiger partial charge in [0.2, 0.25) is 0 Å². The molecular formula is C19H22N2O3. The zero-order chi connectivity index (χ0) is 16.7. The van der Waals surface area contributed by atoms with E-state index in [1.807, 2.05) is 30.3 Å². The summed E-state index contributed by atoms with van der Waals surface area (Å²) in [6, 6.07) is 11.4. The quantitative estimate of drug-likeness (QED) is 0.696. The molecule has 2 aromatic carbocycles. The van der Waals surface area contributed by atoms with Gasteiger partial charge < -0.3 is 9.64 Å². The zero-order valence-electron chi connectivity index (χ0n) is 13.8. The normalized spacial score (nSPS) is 25.7. The molecule has 5 rings (SSSR count). The number of fused-ring (bicyclic) bond motifs is 4. The van der Waals surface area contributed by atoms with Crippen LogP contribution >= 0.6 is 0 Å². The third-order valence-corrected chi connectivity index (χ3v) is 5.44. The van der Waals surface area contributed by atoms with Crippen LogP contribution in [0.1, 0.15) is 23.2 Å². The Labute approximate surface area is 141 Å². The van der Waals surface area contributed by atoms with Crippen molar-refractivity contribution in [1.82, 2.24) is 9.96 Å². The first kappa shape index (κ1) is 15.4. The van der Waals surface area contributed by atoms with Crippen LogP contribution in [0, 0.1) is 5.92 Å². The first-order valence-corrected chi connectivity index (χ1v) is 8.49. The Balaban J connectivity index is 1.67. The number of carbonyl (C=O) groups is 1. The van der Waals surface area contributed by atoms with Crippen LogP contribution in [-0.2, 0) is 0 Å². The number of nitrogens with zero attached hydrogens (tertiary/aromatic N) is 2. The van der Waals surface area contributed by atoms with Crippen molar-refractivity contribution in [3.8, 4) is 5.75 Å². The number of hydrogen-bond acceptors (Lipinski definition) is 4. The van der Waals surface area contributed by atoms with E-state index >= 15 is 0 Å². The van der Waals surface area contributed by atoms with Gasteiger partial charge in [-0.15, -0.1) is 0 Å². The average Bonchev–Trinajstić information content (AvgIpc) is 2.66. The lowest BCUT2D eigenvalue weighted by Crippen LogP contribution is -2.57. The summed E-state index contributed by atoms with van der Waals surface area (Å²) in [4.78, 5) is 15.2. The monoisotopic (exact) mass is 326 g/mol. The second-order valence-corrected chi connectivity index (χ2v) is 6.75. The molecule has 0 radical (unpaired) electrons. The molecule has 2 bridgehead atoms. The molecule has 5 nitrogen and oxygen atoms in total. The Morgan fingerprint density at radius 3 is 2.46 bits per heavy atom. The zero-order valence-corrected chi connectivity index (χ0v) is 13.8. The highest BCUT2D eigenvalue weighted by Gasteiger charge is 2.39. The van der Waals surface area contributed by atoms with Crippen molar-refractivity contribution in [1.29, 1.82) is 0 Å². The van der Waals surface area contributed by atoms with Gasteiger partial charge >= 0.3 is 0 Å². The fourth-order valence-electron chi connectivity index (χ4n) is 4.04. The summed E-state index contributed by atoms with van der Waals surface area (Å²) in [5.41, 5.74) is 0.412. The number of carbonyl (C=O) groups excluding carboxylic acids is 1. The second-order valence-electron chi connectivity index (χ2n) is 6.75. The van der Waals surface area contributed by atoms with Crippen molar-refractivity contribution in [2.75, 3.05) is 26.7 Å². The van der Waals surface area contributed by atoms with Gasteiger partial charge in [0.1, 0.15) is 5.75 Å². The van der Waals surface area contributed by atoms with Crippen molar-refractivity contribution in [2.45, 2.75) is 18.9 Å². The molecule has 3 aliphatic heterocycles. The maximum atomic E-state index is 12.9. The van der Waals surface area contributed by atoms with E-state index in [1.54, 1.807) is 13.2 Å². The molecule has 5 heteroatoms. The summed E-state index contributed by atoms with van der Waals surface area (Å²) in [5.74, 6) is 0.505. The van der Waals surface area contributed by atoms with Gasteiger partial charge in [0.15, 0.2) is 0 Å². The summed E-state index contributed by atoms with van der Waals surface area (Å²) in [6.45, 7) is 2.90. The highest BCUT2D eigenvalue weighted by Crippen LogP contribution is 2.33. The average molecular weight is 326 g/mol. The predicted molar refractivity (Wildman–Crippen MR) is 91.4 cm³/mol. The van der Waals surface area contributed by atoms with Crippen LogP contribution in [0.5, 0.6) is 5.75 Å². The highest BCUT2D eigenvalue weighted by molar-refractivity contribution is 6.01. The maximum Gasteiger partial charge on any atom is 0.281 e. The first-order chi connectivity index (χ1) is 11.7. The molecule has 0 spiro atoms. The summed E-state index contributed by atoms with van der Waals surface area (Å²) in [6.07, 6.45) is 2.09. The summed E-state index contributed by atoms with van der Waals surface area (Å²) < 4.78 is 5.40. The number of amides is 1. The smallest absolute Gasteiger partial charge is 0.281 e. The van der Waals surface area contributed by atoms with Crippen LogP contribution < -0.4 is 4.74 Å². The van der Waals surface area contributed by atoms with Gasteiger partial charge in [-0.1, -0.05) is 24.3 Å². The van der Waals surface area contributed by atoms with E-state index in [2.05, 4.69) is 4.90 Å². The molecular weight excluding hydrogens is 304 g/mol. The SMILES string of the molecule is COc1cc2ccccc2cc1C(=O)N(O)C1CN2CCC1CC2. The number of piperidine rings is 3. The third kappa shape index (κ3) is 2.54. The summed E-state index contributed by atoms with van der Waals surface area (Å²) >= 11 is 0. The van der Waals surface area contributed by atoms with E-state index < -0.39 is 0 Å². The van der Waals surface area contributed by atoms with E-state index in [4.69, 9.17) is 4.74 Å². The first-order valence-electron chi connectivity index (χ1n) is 8.49. The minimum atomic E-state index is -0.378. The van der Waals surface area contributed by atoms with Gasteiger partial charge in [0, 0.05) is 6.54 Å². The molecule has 1 unspecified atom stereocenters. The van der Waals surface area contributed by atoms with Gasteiger partial charge in [0.25, 0.3) is 5.91 Å². The van der Waals surface area contributed by atoms with Crippen LogP contribution in [0.4, 0.5) is 0 Å². The highest BCUT2D eigenvalue weighted by atomic mass is 16.5. The van der Waals surface area contributed by atoms with E-state index in [0.29, 0.717) is 17.2 Å². The Morgan fingerprint density at radius 2 is 1.88 bits per heavy atom.